The fraction of sp³-hybridized carbons (Fsp3) is 0.958. The third-order valence-corrected chi connectivity index (χ3v) is 8.56. The van der Waals surface area contributed by atoms with E-state index in [2.05, 4.69) is 0 Å². The molecule has 0 saturated heterocycles. The van der Waals surface area contributed by atoms with Crippen LogP contribution in [-0.2, 0) is 4.79 Å². The van der Waals surface area contributed by atoms with Crippen LogP contribution in [0.15, 0.2) is 0 Å². The lowest BCUT2D eigenvalue weighted by Crippen LogP contribution is -2.58. The maximum Gasteiger partial charge on any atom is 0.303 e. The zero-order valence-corrected chi connectivity index (χ0v) is 17.1. The summed E-state index contributed by atoms with van der Waals surface area (Å²) in [6.45, 7) is 5.45. The summed E-state index contributed by atoms with van der Waals surface area (Å²) in [6.07, 6.45) is -13.8. The van der Waals surface area contributed by atoms with Crippen molar-refractivity contribution >= 4 is 5.97 Å². The fourth-order valence-electron chi connectivity index (χ4n) is 6.96. The first kappa shape index (κ1) is 12.3. The summed E-state index contributed by atoms with van der Waals surface area (Å²) in [4.78, 5) is 11.2. The summed E-state index contributed by atoms with van der Waals surface area (Å²) in [5.41, 5.74) is -2.15. The monoisotopic (exact) mass is 401 g/mol. The number of hydrogen-bond acceptors (Lipinski definition) is 3. The third-order valence-electron chi connectivity index (χ3n) is 8.56. The van der Waals surface area contributed by atoms with E-state index in [1.54, 1.807) is 0 Å². The van der Waals surface area contributed by atoms with E-state index < -0.39 is 78.1 Å². The Labute approximate surface area is 182 Å². The minimum atomic E-state index is -3.32. The number of hydrogen-bond donors (Lipinski definition) is 3. The van der Waals surface area contributed by atoms with Crippen LogP contribution >= 0.6 is 0 Å². The fourth-order valence-corrected chi connectivity index (χ4v) is 6.96. The Morgan fingerprint density at radius 1 is 1.14 bits per heavy atom. The molecule has 0 aliphatic heterocycles. The van der Waals surface area contributed by atoms with Crippen molar-refractivity contribution < 1.29 is 32.5 Å². The van der Waals surface area contributed by atoms with Crippen molar-refractivity contribution in [1.82, 2.24) is 0 Å². The molecule has 0 aromatic rings. The van der Waals surface area contributed by atoms with Crippen LogP contribution in [-0.4, -0.2) is 33.4 Å². The van der Waals surface area contributed by atoms with Crippen LogP contribution in [0.4, 0.5) is 0 Å². The van der Waals surface area contributed by atoms with Gasteiger partial charge in [0, 0.05) is 16.0 Å². The predicted molar refractivity (Wildman–Crippen MR) is 109 cm³/mol. The highest BCUT2D eigenvalue weighted by atomic mass is 16.4. The molecule has 0 spiro atoms. The van der Waals surface area contributed by atoms with Crippen LogP contribution in [0.5, 0.6) is 0 Å². The Bertz CT molecular complexity index is 972. The zero-order chi connectivity index (χ0) is 28.4. The minimum Gasteiger partial charge on any atom is -0.481 e. The number of carboxylic acids is 1. The standard InChI is InChI=1S/C24H40O4/c1-14(4-7-21(27)28)17-5-6-18-22-19(9-11-24(17,18)3)23(2)10-8-16(25)12-15(23)13-20(22)26/h14-20,22,25-26H,4-13H2,1-3H3,(H,27,28)/t14-,15+,16-,17-,18?,19?,20-,22?,23+,24-/m1/s1/i8D2,12D2,13D2,16D,20D,22D. The SMILES string of the molecule is [2H]C1([2H])C[C@]2(C)C3CC[C@@]4(C)C(CC[C@@H]4[C@H](C)CCC(=O)O)C3([2H])[C@]([2H])(O)C([2H])([2H])[C@@H]2C([2H])([2H])[C@]1([2H])O. The molecule has 160 valence electrons. The molecular weight excluding hydrogens is 352 g/mol. The smallest absolute Gasteiger partial charge is 0.303 e. The molecule has 0 aromatic carbocycles. The molecule has 10 atom stereocenters. The Hall–Kier alpha value is -0.610. The summed E-state index contributed by atoms with van der Waals surface area (Å²) in [6, 6.07) is 0. The van der Waals surface area contributed by atoms with E-state index in [1.807, 2.05) is 13.8 Å². The van der Waals surface area contributed by atoms with Crippen LogP contribution in [0.25, 0.3) is 0 Å². The maximum absolute atomic E-state index is 11.7. The highest BCUT2D eigenvalue weighted by Gasteiger charge is 2.62. The molecule has 28 heavy (non-hydrogen) atoms. The number of carboxylic acid groups (broad SMARTS) is 1. The molecule has 0 radical (unpaired) electrons. The van der Waals surface area contributed by atoms with Crippen LogP contribution < -0.4 is 0 Å². The Balaban J connectivity index is 1.86. The Kier molecular flexibility index (Phi) is 3.19. The summed E-state index contributed by atoms with van der Waals surface area (Å²) in [7, 11) is 0. The molecule has 0 heterocycles. The molecule has 4 aliphatic carbocycles. The molecule has 4 fully saturated rings. The Morgan fingerprint density at radius 3 is 2.57 bits per heavy atom. The number of carbonyl (C=O) groups is 1. The molecule has 4 heteroatoms. The summed E-state index contributed by atoms with van der Waals surface area (Å²) < 4.78 is 79.0. The lowest BCUT2D eigenvalue weighted by molar-refractivity contribution is -0.174. The average molecular weight is 402 g/mol. The Morgan fingerprint density at radius 2 is 1.86 bits per heavy atom. The van der Waals surface area contributed by atoms with Gasteiger partial charge in [0.1, 0.15) is 0 Å². The molecule has 4 nitrogen and oxygen atoms in total. The summed E-state index contributed by atoms with van der Waals surface area (Å²) in [5.74, 6) is -6.54. The highest BCUT2D eigenvalue weighted by molar-refractivity contribution is 5.66. The van der Waals surface area contributed by atoms with Gasteiger partial charge in [-0.25, -0.2) is 0 Å². The van der Waals surface area contributed by atoms with Gasteiger partial charge in [-0.2, -0.15) is 0 Å². The summed E-state index contributed by atoms with van der Waals surface area (Å²) in [5, 5.41) is 31.6. The van der Waals surface area contributed by atoms with Crippen molar-refractivity contribution in [3.63, 3.8) is 0 Å². The average Bonchev–Trinajstić information content (AvgIpc) is 3.07. The predicted octanol–water partition coefficient (Wildman–Crippen LogP) is 4.48. The van der Waals surface area contributed by atoms with Gasteiger partial charge in [-0.3, -0.25) is 4.79 Å². The van der Waals surface area contributed by atoms with Gasteiger partial charge in [0.15, 0.2) is 0 Å². The van der Waals surface area contributed by atoms with E-state index >= 15 is 0 Å². The third kappa shape index (κ3) is 3.14. The molecule has 0 aromatic heterocycles. The van der Waals surface area contributed by atoms with E-state index in [-0.39, 0.29) is 24.7 Å². The van der Waals surface area contributed by atoms with Gasteiger partial charge in [-0.05, 0) is 104 Å². The van der Waals surface area contributed by atoms with Gasteiger partial charge in [0.2, 0.25) is 0 Å². The quantitative estimate of drug-likeness (QED) is 0.649. The second kappa shape index (κ2) is 7.27. The van der Waals surface area contributed by atoms with Gasteiger partial charge < -0.3 is 15.3 Å². The molecule has 4 saturated carbocycles. The number of aliphatic carboxylic acids is 1. The zero-order valence-electron chi connectivity index (χ0n) is 26.1. The first-order valence-electron chi connectivity index (χ1n) is 15.1. The highest BCUT2D eigenvalue weighted by Crippen LogP contribution is 2.68. The van der Waals surface area contributed by atoms with Crippen molar-refractivity contribution in [2.75, 3.05) is 0 Å². The minimum absolute atomic E-state index is 0.00204. The van der Waals surface area contributed by atoms with Crippen LogP contribution in [0.2, 0.25) is 0 Å². The van der Waals surface area contributed by atoms with Crippen LogP contribution in [0.1, 0.15) is 97.2 Å². The molecular formula is C24H40O4. The van der Waals surface area contributed by atoms with Crippen molar-refractivity contribution in [3.8, 4) is 0 Å². The van der Waals surface area contributed by atoms with E-state index in [0.29, 0.717) is 25.7 Å². The largest absolute Gasteiger partial charge is 0.481 e. The van der Waals surface area contributed by atoms with Gasteiger partial charge in [0.05, 0.1) is 14.9 Å². The first-order chi connectivity index (χ1) is 16.5. The van der Waals surface area contributed by atoms with E-state index in [1.165, 1.54) is 6.92 Å². The van der Waals surface area contributed by atoms with Crippen LogP contribution in [0.3, 0.4) is 0 Å². The molecule has 3 N–H and O–H groups in total. The second-order valence-corrected chi connectivity index (χ2v) is 9.98. The van der Waals surface area contributed by atoms with Crippen molar-refractivity contribution in [2.45, 2.75) is 97.0 Å². The van der Waals surface area contributed by atoms with Crippen LogP contribution in [0, 0.1) is 46.3 Å². The van der Waals surface area contributed by atoms with Gasteiger partial charge in [0.25, 0.3) is 0 Å². The van der Waals surface area contributed by atoms with Crippen molar-refractivity contribution in [2.24, 2.45) is 46.3 Å². The molecule has 0 bridgehead atoms. The topological polar surface area (TPSA) is 77.8 Å². The van der Waals surface area contributed by atoms with E-state index in [9.17, 15) is 16.4 Å². The van der Waals surface area contributed by atoms with Gasteiger partial charge in [-0.1, -0.05) is 20.8 Å². The number of fused-ring (bicyclic) bond motifs is 5. The number of aliphatic hydroxyl groups is 2. The molecule has 4 rings (SSSR count). The van der Waals surface area contributed by atoms with Gasteiger partial charge >= 0.3 is 5.97 Å². The summed E-state index contributed by atoms with van der Waals surface area (Å²) >= 11 is 0. The van der Waals surface area contributed by atoms with Gasteiger partial charge in [-0.15, -0.1) is 0 Å². The molecule has 0 amide bonds. The second-order valence-electron chi connectivity index (χ2n) is 9.98. The first-order valence-corrected chi connectivity index (χ1v) is 10.6. The lowest BCUT2D eigenvalue weighted by atomic mass is 9.43. The van der Waals surface area contributed by atoms with Crippen molar-refractivity contribution in [3.05, 3.63) is 0 Å². The van der Waals surface area contributed by atoms with E-state index in [0.717, 1.165) is 0 Å². The number of rotatable bonds is 4. The lowest BCUT2D eigenvalue weighted by Gasteiger charge is -2.62. The molecule has 4 aliphatic rings. The molecule has 3 unspecified atom stereocenters. The maximum atomic E-state index is 11.7. The van der Waals surface area contributed by atoms with Crippen molar-refractivity contribution in [1.29, 1.82) is 0 Å². The normalized spacial score (nSPS) is 69.7. The van der Waals surface area contributed by atoms with E-state index in [4.69, 9.17) is 16.1 Å².